The fourth-order valence-electron chi connectivity index (χ4n) is 2.20. The normalized spacial score (nSPS) is 13.4. The van der Waals surface area contributed by atoms with Gasteiger partial charge in [0.2, 0.25) is 0 Å². The molecule has 2 aromatic rings. The van der Waals surface area contributed by atoms with Crippen LogP contribution in [0.5, 0.6) is 11.5 Å². The van der Waals surface area contributed by atoms with Crippen molar-refractivity contribution in [1.82, 2.24) is 10.6 Å². The number of nitrogens with zero attached hydrogens (tertiary/aromatic N) is 1. The SMILES string of the molecule is CN=C(NCC(C)Oc1cccc(OC)c1)NC(C)c1cccs1.I. The molecule has 0 aliphatic carbocycles. The van der Waals surface area contributed by atoms with E-state index in [9.17, 15) is 0 Å². The second kappa shape index (κ2) is 11.2. The Labute approximate surface area is 170 Å². The second-order valence-corrected chi connectivity index (χ2v) is 6.42. The largest absolute Gasteiger partial charge is 0.497 e. The van der Waals surface area contributed by atoms with Crippen molar-refractivity contribution in [2.45, 2.75) is 26.0 Å². The third-order valence-electron chi connectivity index (χ3n) is 3.48. The molecule has 0 fully saturated rings. The maximum Gasteiger partial charge on any atom is 0.191 e. The molecule has 5 nitrogen and oxygen atoms in total. The van der Waals surface area contributed by atoms with E-state index in [-0.39, 0.29) is 36.1 Å². The van der Waals surface area contributed by atoms with E-state index in [2.05, 4.69) is 40.1 Å². The number of hydrogen-bond donors (Lipinski definition) is 2. The summed E-state index contributed by atoms with van der Waals surface area (Å²) in [4.78, 5) is 5.54. The van der Waals surface area contributed by atoms with E-state index in [0.717, 1.165) is 17.5 Å². The van der Waals surface area contributed by atoms with Crippen LogP contribution < -0.4 is 20.1 Å². The molecule has 0 aliphatic heterocycles. The molecule has 0 radical (unpaired) electrons. The van der Waals surface area contributed by atoms with Gasteiger partial charge in [0.1, 0.15) is 17.6 Å². The third-order valence-corrected chi connectivity index (χ3v) is 4.54. The minimum Gasteiger partial charge on any atom is -0.497 e. The molecule has 2 atom stereocenters. The van der Waals surface area contributed by atoms with Crippen molar-refractivity contribution >= 4 is 41.3 Å². The van der Waals surface area contributed by atoms with E-state index < -0.39 is 0 Å². The zero-order chi connectivity index (χ0) is 17.4. The van der Waals surface area contributed by atoms with Gasteiger partial charge in [-0.15, -0.1) is 35.3 Å². The molecule has 0 saturated carbocycles. The minimum absolute atomic E-state index is 0. The Morgan fingerprint density at radius 3 is 2.60 bits per heavy atom. The molecule has 2 N–H and O–H groups in total. The Hall–Kier alpha value is -1.48. The smallest absolute Gasteiger partial charge is 0.191 e. The minimum atomic E-state index is -0.00676. The number of hydrogen-bond acceptors (Lipinski definition) is 4. The van der Waals surface area contributed by atoms with Crippen LogP contribution >= 0.6 is 35.3 Å². The fraction of sp³-hybridized carbons (Fsp3) is 0.389. The number of rotatable bonds is 7. The molecular formula is C18H26IN3O2S. The number of halogens is 1. The average molecular weight is 475 g/mol. The second-order valence-electron chi connectivity index (χ2n) is 5.44. The summed E-state index contributed by atoms with van der Waals surface area (Å²) >= 11 is 1.73. The Kier molecular flexibility index (Phi) is 9.66. The molecule has 1 aromatic heterocycles. The molecule has 0 aliphatic rings. The van der Waals surface area contributed by atoms with E-state index in [1.54, 1.807) is 25.5 Å². The Balaban J connectivity index is 0.00000312. The highest BCUT2D eigenvalue weighted by molar-refractivity contribution is 14.0. The summed E-state index contributed by atoms with van der Waals surface area (Å²) in [5, 5.41) is 8.76. The van der Waals surface area contributed by atoms with Gasteiger partial charge < -0.3 is 20.1 Å². The highest BCUT2D eigenvalue weighted by atomic mass is 127. The van der Waals surface area contributed by atoms with Gasteiger partial charge in [-0.25, -0.2) is 0 Å². The monoisotopic (exact) mass is 475 g/mol. The van der Waals surface area contributed by atoms with Gasteiger partial charge in [0, 0.05) is 18.0 Å². The van der Waals surface area contributed by atoms with Crippen LogP contribution in [0.3, 0.4) is 0 Å². The first-order valence-electron chi connectivity index (χ1n) is 7.93. The predicted molar refractivity (Wildman–Crippen MR) is 116 cm³/mol. The van der Waals surface area contributed by atoms with Crippen molar-refractivity contribution in [2.75, 3.05) is 20.7 Å². The predicted octanol–water partition coefficient (Wildman–Crippen LogP) is 4.07. The summed E-state index contributed by atoms with van der Waals surface area (Å²) in [5.74, 6) is 2.34. The first kappa shape index (κ1) is 21.6. The van der Waals surface area contributed by atoms with Gasteiger partial charge in [-0.05, 0) is 37.4 Å². The molecule has 138 valence electrons. The molecule has 0 saturated heterocycles. The van der Waals surface area contributed by atoms with Gasteiger partial charge in [-0.1, -0.05) is 12.1 Å². The van der Waals surface area contributed by atoms with E-state index >= 15 is 0 Å². The quantitative estimate of drug-likeness (QED) is 0.360. The summed E-state index contributed by atoms with van der Waals surface area (Å²) in [6.45, 7) is 4.78. The number of thiophene rings is 1. The summed E-state index contributed by atoms with van der Waals surface area (Å²) in [7, 11) is 3.42. The first-order valence-corrected chi connectivity index (χ1v) is 8.81. The van der Waals surface area contributed by atoms with Crippen molar-refractivity contribution in [3.05, 3.63) is 46.7 Å². The van der Waals surface area contributed by atoms with Crippen LogP contribution in [0.1, 0.15) is 24.8 Å². The van der Waals surface area contributed by atoms with Crippen molar-refractivity contribution in [2.24, 2.45) is 4.99 Å². The number of guanidine groups is 1. The maximum absolute atomic E-state index is 5.91. The summed E-state index contributed by atoms with van der Waals surface area (Å²) in [6.07, 6.45) is -0.00676. The summed E-state index contributed by atoms with van der Waals surface area (Å²) < 4.78 is 11.1. The van der Waals surface area contributed by atoms with Crippen molar-refractivity contribution in [1.29, 1.82) is 0 Å². The van der Waals surface area contributed by atoms with Crippen LogP contribution in [0.25, 0.3) is 0 Å². The Morgan fingerprint density at radius 2 is 1.96 bits per heavy atom. The van der Waals surface area contributed by atoms with Gasteiger partial charge in [-0.2, -0.15) is 0 Å². The third kappa shape index (κ3) is 7.11. The van der Waals surface area contributed by atoms with E-state index in [0.29, 0.717) is 6.54 Å². The molecule has 0 bridgehead atoms. The maximum atomic E-state index is 5.91. The molecular weight excluding hydrogens is 449 g/mol. The number of nitrogens with one attached hydrogen (secondary N) is 2. The molecule has 2 unspecified atom stereocenters. The van der Waals surface area contributed by atoms with E-state index in [4.69, 9.17) is 9.47 Å². The lowest BCUT2D eigenvalue weighted by atomic mass is 10.3. The van der Waals surface area contributed by atoms with Gasteiger partial charge in [0.15, 0.2) is 5.96 Å². The van der Waals surface area contributed by atoms with E-state index in [1.807, 2.05) is 31.2 Å². The number of benzene rings is 1. The lowest BCUT2D eigenvalue weighted by Crippen LogP contribution is -2.42. The molecule has 1 aromatic carbocycles. The molecule has 2 rings (SSSR count). The average Bonchev–Trinajstić information content (AvgIpc) is 3.13. The van der Waals surface area contributed by atoms with Crippen LogP contribution in [0.15, 0.2) is 46.8 Å². The van der Waals surface area contributed by atoms with Crippen molar-refractivity contribution < 1.29 is 9.47 Å². The fourth-order valence-corrected chi connectivity index (χ4v) is 2.93. The van der Waals surface area contributed by atoms with Crippen LogP contribution in [0, 0.1) is 0 Å². The Bertz CT molecular complexity index is 650. The number of methoxy groups -OCH3 is 1. The highest BCUT2D eigenvalue weighted by Crippen LogP contribution is 2.20. The van der Waals surface area contributed by atoms with Gasteiger partial charge >= 0.3 is 0 Å². The molecule has 25 heavy (non-hydrogen) atoms. The van der Waals surface area contributed by atoms with Crippen molar-refractivity contribution in [3.63, 3.8) is 0 Å². The van der Waals surface area contributed by atoms with Gasteiger partial charge in [-0.3, -0.25) is 4.99 Å². The van der Waals surface area contributed by atoms with E-state index in [1.165, 1.54) is 4.88 Å². The molecule has 1 heterocycles. The molecule has 0 amide bonds. The van der Waals surface area contributed by atoms with Crippen molar-refractivity contribution in [3.8, 4) is 11.5 Å². The number of aliphatic imine (C=N–C) groups is 1. The lowest BCUT2D eigenvalue weighted by Gasteiger charge is -2.20. The highest BCUT2D eigenvalue weighted by Gasteiger charge is 2.10. The molecule has 7 heteroatoms. The van der Waals surface area contributed by atoms with Crippen LogP contribution in [0.4, 0.5) is 0 Å². The standard InChI is InChI=1S/C18H25N3O2S.HI/c1-13(23-16-8-5-7-15(11-16)22-4)12-20-18(19-3)21-14(2)17-9-6-10-24-17;/h5-11,13-14H,12H2,1-4H3,(H2,19,20,21);1H. The topological polar surface area (TPSA) is 54.9 Å². The van der Waals surface area contributed by atoms with Gasteiger partial charge in [0.25, 0.3) is 0 Å². The van der Waals surface area contributed by atoms with Crippen LogP contribution in [-0.2, 0) is 0 Å². The van der Waals surface area contributed by atoms with Crippen LogP contribution in [-0.4, -0.2) is 32.8 Å². The lowest BCUT2D eigenvalue weighted by molar-refractivity contribution is 0.223. The van der Waals surface area contributed by atoms with Gasteiger partial charge in [0.05, 0.1) is 19.7 Å². The summed E-state index contributed by atoms with van der Waals surface area (Å²) in [6, 6.07) is 12.0. The van der Waals surface area contributed by atoms with Crippen LogP contribution in [0.2, 0.25) is 0 Å². The summed E-state index contributed by atoms with van der Waals surface area (Å²) in [5.41, 5.74) is 0. The zero-order valence-electron chi connectivity index (χ0n) is 15.0. The first-order chi connectivity index (χ1) is 11.6. The zero-order valence-corrected chi connectivity index (χ0v) is 18.1. The Morgan fingerprint density at radius 1 is 1.20 bits per heavy atom. The molecule has 0 spiro atoms. The number of ether oxygens (including phenoxy) is 2.